The lowest BCUT2D eigenvalue weighted by atomic mass is 9.99. The summed E-state index contributed by atoms with van der Waals surface area (Å²) in [7, 11) is 1.61. The van der Waals surface area contributed by atoms with Gasteiger partial charge in [0, 0.05) is 19.2 Å². The Morgan fingerprint density at radius 2 is 1.83 bits per heavy atom. The van der Waals surface area contributed by atoms with Gasteiger partial charge in [-0.3, -0.25) is 9.59 Å². The van der Waals surface area contributed by atoms with Gasteiger partial charge in [-0.25, -0.2) is 0 Å². The maximum Gasteiger partial charge on any atom is 0.245 e. The summed E-state index contributed by atoms with van der Waals surface area (Å²) in [5, 5.41) is 2.75. The van der Waals surface area contributed by atoms with Crippen LogP contribution in [0.15, 0.2) is 66.7 Å². The molecule has 1 N–H and O–H groups in total. The van der Waals surface area contributed by atoms with E-state index in [-0.39, 0.29) is 11.8 Å². The number of benzene rings is 2. The fraction of sp³-hybridized carbons (Fsp3) is 0.250. The smallest absolute Gasteiger partial charge is 0.245 e. The number of methoxy groups -OCH3 is 1. The molecule has 1 atom stereocenters. The standard InChI is InChI=1S/C24H26N2O3/c1-18(25-23(27)13-10-19-8-11-22(29-2)12-9-19)24(28)26-16-14-21(15-17-26)20-6-4-3-5-7-20/h3-14,18H,15-17H2,1-2H3,(H,25,27)/b13-10+. The van der Waals surface area contributed by atoms with Gasteiger partial charge in [0.25, 0.3) is 0 Å². The summed E-state index contributed by atoms with van der Waals surface area (Å²) in [4.78, 5) is 26.6. The molecule has 1 aliphatic rings. The summed E-state index contributed by atoms with van der Waals surface area (Å²) in [5.41, 5.74) is 3.34. The van der Waals surface area contributed by atoms with Crippen molar-refractivity contribution >= 4 is 23.5 Å². The van der Waals surface area contributed by atoms with Gasteiger partial charge in [0.15, 0.2) is 0 Å². The Labute approximate surface area is 171 Å². The van der Waals surface area contributed by atoms with Crippen molar-refractivity contribution < 1.29 is 14.3 Å². The first-order valence-corrected chi connectivity index (χ1v) is 9.72. The summed E-state index contributed by atoms with van der Waals surface area (Å²) in [6, 6.07) is 17.0. The molecule has 0 saturated carbocycles. The van der Waals surface area contributed by atoms with Crippen LogP contribution in [0, 0.1) is 0 Å². The van der Waals surface area contributed by atoms with Gasteiger partial charge >= 0.3 is 0 Å². The minimum absolute atomic E-state index is 0.0699. The van der Waals surface area contributed by atoms with Gasteiger partial charge in [-0.2, -0.15) is 0 Å². The molecule has 0 aliphatic carbocycles. The zero-order chi connectivity index (χ0) is 20.6. The number of hydrogen-bond donors (Lipinski definition) is 1. The SMILES string of the molecule is COc1ccc(/C=C/C(=O)NC(C)C(=O)N2CC=C(c3ccccc3)CC2)cc1. The lowest BCUT2D eigenvalue weighted by Gasteiger charge is -2.29. The molecule has 0 radical (unpaired) electrons. The van der Waals surface area contributed by atoms with Crippen LogP contribution in [-0.4, -0.2) is 43.0 Å². The Kier molecular flexibility index (Phi) is 6.85. The molecule has 2 amide bonds. The van der Waals surface area contributed by atoms with Crippen LogP contribution in [0.4, 0.5) is 0 Å². The lowest BCUT2D eigenvalue weighted by molar-refractivity contribution is -0.134. The zero-order valence-electron chi connectivity index (χ0n) is 16.8. The molecule has 5 heteroatoms. The molecule has 2 aromatic carbocycles. The highest BCUT2D eigenvalue weighted by Gasteiger charge is 2.23. The highest BCUT2D eigenvalue weighted by atomic mass is 16.5. The minimum Gasteiger partial charge on any atom is -0.497 e. The first kappa shape index (κ1) is 20.4. The molecule has 1 aliphatic heterocycles. The third kappa shape index (κ3) is 5.57. The van der Waals surface area contributed by atoms with Crippen LogP contribution in [0.1, 0.15) is 24.5 Å². The van der Waals surface area contributed by atoms with Crippen molar-refractivity contribution in [2.75, 3.05) is 20.2 Å². The Morgan fingerprint density at radius 3 is 2.45 bits per heavy atom. The molecule has 3 rings (SSSR count). The average Bonchev–Trinajstić information content (AvgIpc) is 2.78. The summed E-state index contributed by atoms with van der Waals surface area (Å²) < 4.78 is 5.11. The molecule has 0 spiro atoms. The van der Waals surface area contributed by atoms with Crippen LogP contribution in [0.2, 0.25) is 0 Å². The normalized spacial score (nSPS) is 15.0. The van der Waals surface area contributed by atoms with E-state index in [2.05, 4.69) is 23.5 Å². The molecular weight excluding hydrogens is 364 g/mol. The maximum atomic E-state index is 12.7. The van der Waals surface area contributed by atoms with Gasteiger partial charge < -0.3 is 15.0 Å². The third-order valence-electron chi connectivity index (χ3n) is 4.94. The van der Waals surface area contributed by atoms with Crippen LogP contribution in [0.5, 0.6) is 5.75 Å². The molecule has 2 aromatic rings. The zero-order valence-corrected chi connectivity index (χ0v) is 16.8. The number of carbonyl (C=O) groups is 2. The van der Waals surface area contributed by atoms with E-state index in [4.69, 9.17) is 4.74 Å². The molecule has 0 aromatic heterocycles. The Bertz CT molecular complexity index is 901. The van der Waals surface area contributed by atoms with E-state index in [9.17, 15) is 9.59 Å². The first-order chi connectivity index (χ1) is 14.1. The monoisotopic (exact) mass is 390 g/mol. The minimum atomic E-state index is -0.574. The molecule has 0 saturated heterocycles. The highest BCUT2D eigenvalue weighted by molar-refractivity contribution is 5.95. The van der Waals surface area contributed by atoms with Gasteiger partial charge in [-0.05, 0) is 48.3 Å². The molecule has 150 valence electrons. The molecule has 0 bridgehead atoms. The van der Waals surface area contributed by atoms with Crippen molar-refractivity contribution in [3.63, 3.8) is 0 Å². The third-order valence-corrected chi connectivity index (χ3v) is 4.94. The predicted octanol–water partition coefficient (Wildman–Crippen LogP) is 3.53. The molecule has 1 unspecified atom stereocenters. The van der Waals surface area contributed by atoms with Crippen LogP contribution in [-0.2, 0) is 9.59 Å². The predicted molar refractivity (Wildman–Crippen MR) is 115 cm³/mol. The number of nitrogens with one attached hydrogen (secondary N) is 1. The van der Waals surface area contributed by atoms with Crippen molar-refractivity contribution in [3.8, 4) is 5.75 Å². The van der Waals surface area contributed by atoms with Gasteiger partial charge in [-0.1, -0.05) is 48.5 Å². The number of hydrogen-bond acceptors (Lipinski definition) is 3. The van der Waals surface area contributed by atoms with Gasteiger partial charge in [0.05, 0.1) is 7.11 Å². The fourth-order valence-corrected chi connectivity index (χ4v) is 3.27. The number of rotatable bonds is 6. The number of ether oxygens (including phenoxy) is 1. The fourth-order valence-electron chi connectivity index (χ4n) is 3.27. The van der Waals surface area contributed by atoms with E-state index < -0.39 is 6.04 Å². The lowest BCUT2D eigenvalue weighted by Crippen LogP contribution is -2.47. The highest BCUT2D eigenvalue weighted by Crippen LogP contribution is 2.22. The van der Waals surface area contributed by atoms with Crippen molar-refractivity contribution in [2.24, 2.45) is 0 Å². The molecule has 0 fully saturated rings. The molecular formula is C24H26N2O3. The number of nitrogens with zero attached hydrogens (tertiary/aromatic N) is 1. The Morgan fingerprint density at radius 1 is 1.10 bits per heavy atom. The van der Waals surface area contributed by atoms with Crippen molar-refractivity contribution in [2.45, 2.75) is 19.4 Å². The summed E-state index contributed by atoms with van der Waals surface area (Å²) in [6.45, 7) is 2.93. The molecule has 5 nitrogen and oxygen atoms in total. The van der Waals surface area contributed by atoms with Crippen LogP contribution in [0.25, 0.3) is 11.6 Å². The summed E-state index contributed by atoms with van der Waals surface area (Å²) >= 11 is 0. The quantitative estimate of drug-likeness (QED) is 0.768. The molecule has 29 heavy (non-hydrogen) atoms. The number of carbonyl (C=O) groups excluding carboxylic acids is 2. The summed E-state index contributed by atoms with van der Waals surface area (Å²) in [6.07, 6.45) is 6.06. The van der Waals surface area contributed by atoms with E-state index in [1.165, 1.54) is 17.2 Å². The van der Waals surface area contributed by atoms with E-state index in [1.54, 1.807) is 25.0 Å². The van der Waals surface area contributed by atoms with Crippen molar-refractivity contribution in [1.82, 2.24) is 10.2 Å². The van der Waals surface area contributed by atoms with E-state index in [1.807, 2.05) is 42.5 Å². The van der Waals surface area contributed by atoms with E-state index in [0.29, 0.717) is 13.1 Å². The van der Waals surface area contributed by atoms with Gasteiger partial charge in [-0.15, -0.1) is 0 Å². The Balaban J connectivity index is 1.51. The van der Waals surface area contributed by atoms with E-state index in [0.717, 1.165) is 17.7 Å². The average molecular weight is 390 g/mol. The van der Waals surface area contributed by atoms with E-state index >= 15 is 0 Å². The van der Waals surface area contributed by atoms with Crippen LogP contribution < -0.4 is 10.1 Å². The Hall–Kier alpha value is -3.34. The van der Waals surface area contributed by atoms with Crippen LogP contribution >= 0.6 is 0 Å². The second-order valence-corrected chi connectivity index (χ2v) is 6.97. The van der Waals surface area contributed by atoms with Gasteiger partial charge in [0.2, 0.25) is 11.8 Å². The van der Waals surface area contributed by atoms with Crippen LogP contribution in [0.3, 0.4) is 0 Å². The number of amides is 2. The van der Waals surface area contributed by atoms with Gasteiger partial charge in [0.1, 0.15) is 11.8 Å². The van der Waals surface area contributed by atoms with Crippen molar-refractivity contribution in [1.29, 1.82) is 0 Å². The summed E-state index contributed by atoms with van der Waals surface area (Å²) in [5.74, 6) is 0.399. The largest absolute Gasteiger partial charge is 0.497 e. The first-order valence-electron chi connectivity index (χ1n) is 9.72. The molecule has 1 heterocycles. The second kappa shape index (κ2) is 9.73. The maximum absolute atomic E-state index is 12.7. The second-order valence-electron chi connectivity index (χ2n) is 6.97. The van der Waals surface area contributed by atoms with Crippen molar-refractivity contribution in [3.05, 3.63) is 77.9 Å². The topological polar surface area (TPSA) is 58.6 Å².